The molecular weight excluding hydrogens is 272 g/mol. The van der Waals surface area contributed by atoms with Crippen LogP contribution >= 0.6 is 0 Å². The highest BCUT2D eigenvalue weighted by Gasteiger charge is 2.38. The molecule has 1 aliphatic rings. The van der Waals surface area contributed by atoms with E-state index in [1.54, 1.807) is 45.2 Å². The Morgan fingerprint density at radius 3 is 2.43 bits per heavy atom. The van der Waals surface area contributed by atoms with E-state index in [4.69, 9.17) is 9.47 Å². The summed E-state index contributed by atoms with van der Waals surface area (Å²) in [6.45, 7) is 4.19. The van der Waals surface area contributed by atoms with Gasteiger partial charge in [-0.3, -0.25) is 9.59 Å². The Balaban J connectivity index is 1.87. The highest BCUT2D eigenvalue weighted by atomic mass is 16.5. The second kappa shape index (κ2) is 6.03. The van der Waals surface area contributed by atoms with Gasteiger partial charge < -0.3 is 19.7 Å². The lowest BCUT2D eigenvalue weighted by atomic mass is 10.0. The van der Waals surface area contributed by atoms with E-state index in [1.165, 1.54) is 4.90 Å². The van der Waals surface area contributed by atoms with E-state index in [0.717, 1.165) is 5.75 Å². The molecule has 1 heterocycles. The van der Waals surface area contributed by atoms with Crippen molar-refractivity contribution in [2.75, 3.05) is 26.8 Å². The Labute approximate surface area is 124 Å². The van der Waals surface area contributed by atoms with E-state index in [-0.39, 0.29) is 18.4 Å². The SMILES string of the molecule is COc1ccc(OCCN2CC(=O)NC(C)(C)C2=O)cc1. The van der Waals surface area contributed by atoms with Crippen LogP contribution in [0.5, 0.6) is 11.5 Å². The molecule has 114 valence electrons. The summed E-state index contributed by atoms with van der Waals surface area (Å²) in [5.74, 6) is 1.21. The number of methoxy groups -OCH3 is 1. The lowest BCUT2D eigenvalue weighted by Gasteiger charge is -2.37. The van der Waals surface area contributed by atoms with Crippen LogP contribution < -0.4 is 14.8 Å². The zero-order chi connectivity index (χ0) is 15.5. The number of amides is 2. The Morgan fingerprint density at radius 1 is 1.19 bits per heavy atom. The van der Waals surface area contributed by atoms with Gasteiger partial charge in [0.1, 0.15) is 23.6 Å². The zero-order valence-electron chi connectivity index (χ0n) is 12.5. The van der Waals surface area contributed by atoms with Crippen molar-refractivity contribution in [2.45, 2.75) is 19.4 Å². The standard InChI is InChI=1S/C15H20N2O4/c1-15(2)14(19)17(10-13(18)16-15)8-9-21-12-6-4-11(20-3)5-7-12/h4-7H,8-10H2,1-3H3,(H,16,18). The summed E-state index contributed by atoms with van der Waals surface area (Å²) in [6.07, 6.45) is 0. The highest BCUT2D eigenvalue weighted by molar-refractivity contribution is 5.97. The maximum Gasteiger partial charge on any atom is 0.248 e. The van der Waals surface area contributed by atoms with Gasteiger partial charge in [0.2, 0.25) is 11.8 Å². The van der Waals surface area contributed by atoms with Gasteiger partial charge in [0.15, 0.2) is 0 Å². The monoisotopic (exact) mass is 292 g/mol. The maximum atomic E-state index is 12.2. The third-order valence-electron chi connectivity index (χ3n) is 3.30. The van der Waals surface area contributed by atoms with Gasteiger partial charge in [-0.05, 0) is 38.1 Å². The number of piperazine rings is 1. The van der Waals surface area contributed by atoms with Crippen LogP contribution in [0.15, 0.2) is 24.3 Å². The van der Waals surface area contributed by atoms with Gasteiger partial charge in [-0.1, -0.05) is 0 Å². The molecule has 6 heteroatoms. The van der Waals surface area contributed by atoms with Gasteiger partial charge in [0.25, 0.3) is 0 Å². The topological polar surface area (TPSA) is 67.9 Å². The molecule has 0 radical (unpaired) electrons. The highest BCUT2D eigenvalue weighted by Crippen LogP contribution is 2.17. The molecule has 6 nitrogen and oxygen atoms in total. The molecule has 0 unspecified atom stereocenters. The average molecular weight is 292 g/mol. The fourth-order valence-corrected chi connectivity index (χ4v) is 2.21. The van der Waals surface area contributed by atoms with E-state index in [0.29, 0.717) is 18.9 Å². The van der Waals surface area contributed by atoms with Crippen LogP contribution in [0.25, 0.3) is 0 Å². The van der Waals surface area contributed by atoms with Crippen molar-refractivity contribution in [3.8, 4) is 11.5 Å². The number of carbonyl (C=O) groups is 2. The number of nitrogens with zero attached hydrogens (tertiary/aromatic N) is 1. The molecule has 2 amide bonds. The number of benzene rings is 1. The number of nitrogens with one attached hydrogen (secondary N) is 1. The van der Waals surface area contributed by atoms with Gasteiger partial charge in [-0.25, -0.2) is 0 Å². The molecule has 0 saturated carbocycles. The van der Waals surface area contributed by atoms with Crippen LogP contribution in [-0.4, -0.2) is 49.1 Å². The molecule has 0 bridgehead atoms. The molecule has 0 aromatic heterocycles. The first-order valence-electron chi connectivity index (χ1n) is 6.79. The molecule has 1 aromatic carbocycles. The molecular formula is C15H20N2O4. The zero-order valence-corrected chi connectivity index (χ0v) is 12.5. The van der Waals surface area contributed by atoms with Crippen molar-refractivity contribution in [2.24, 2.45) is 0 Å². The van der Waals surface area contributed by atoms with E-state index >= 15 is 0 Å². The van der Waals surface area contributed by atoms with Crippen molar-refractivity contribution in [3.63, 3.8) is 0 Å². The third-order valence-corrected chi connectivity index (χ3v) is 3.30. The molecule has 1 saturated heterocycles. The fourth-order valence-electron chi connectivity index (χ4n) is 2.21. The van der Waals surface area contributed by atoms with E-state index in [9.17, 15) is 9.59 Å². The average Bonchev–Trinajstić information content (AvgIpc) is 2.44. The molecule has 2 rings (SSSR count). The molecule has 1 N–H and O–H groups in total. The second-order valence-corrected chi connectivity index (χ2v) is 5.42. The van der Waals surface area contributed by atoms with Gasteiger partial charge in [0, 0.05) is 0 Å². The van der Waals surface area contributed by atoms with Crippen LogP contribution in [-0.2, 0) is 9.59 Å². The van der Waals surface area contributed by atoms with E-state index in [2.05, 4.69) is 5.32 Å². The summed E-state index contributed by atoms with van der Waals surface area (Å²) in [7, 11) is 1.60. The van der Waals surface area contributed by atoms with E-state index in [1.807, 2.05) is 0 Å². The Kier molecular flexibility index (Phi) is 4.35. The number of carbonyl (C=O) groups excluding carboxylic acids is 2. The van der Waals surface area contributed by atoms with Crippen LogP contribution in [0.4, 0.5) is 0 Å². The molecule has 0 atom stereocenters. The molecule has 0 spiro atoms. The van der Waals surface area contributed by atoms with Crippen molar-refractivity contribution >= 4 is 11.8 Å². The summed E-state index contributed by atoms with van der Waals surface area (Å²) >= 11 is 0. The minimum Gasteiger partial charge on any atom is -0.497 e. The summed E-state index contributed by atoms with van der Waals surface area (Å²) < 4.78 is 10.6. The minimum absolute atomic E-state index is 0.0776. The fraction of sp³-hybridized carbons (Fsp3) is 0.467. The molecule has 21 heavy (non-hydrogen) atoms. The number of hydrogen-bond donors (Lipinski definition) is 1. The van der Waals surface area contributed by atoms with Crippen LogP contribution in [0.2, 0.25) is 0 Å². The van der Waals surface area contributed by atoms with Crippen LogP contribution in [0, 0.1) is 0 Å². The largest absolute Gasteiger partial charge is 0.497 e. The molecule has 1 aromatic rings. The first kappa shape index (κ1) is 15.2. The normalized spacial score (nSPS) is 17.4. The molecule has 0 aliphatic carbocycles. The number of rotatable bonds is 5. The summed E-state index contributed by atoms with van der Waals surface area (Å²) in [6, 6.07) is 7.21. The van der Waals surface area contributed by atoms with Crippen molar-refractivity contribution < 1.29 is 19.1 Å². The predicted octanol–water partition coefficient (Wildman–Crippen LogP) is 0.811. The first-order valence-corrected chi connectivity index (χ1v) is 6.79. The van der Waals surface area contributed by atoms with Crippen molar-refractivity contribution in [3.05, 3.63) is 24.3 Å². The predicted molar refractivity (Wildman–Crippen MR) is 77.3 cm³/mol. The number of hydrogen-bond acceptors (Lipinski definition) is 4. The van der Waals surface area contributed by atoms with Gasteiger partial charge in [-0.2, -0.15) is 0 Å². The molecule has 1 fully saturated rings. The van der Waals surface area contributed by atoms with Gasteiger partial charge in [-0.15, -0.1) is 0 Å². The number of ether oxygens (including phenoxy) is 2. The van der Waals surface area contributed by atoms with E-state index < -0.39 is 5.54 Å². The Bertz CT molecular complexity index is 525. The van der Waals surface area contributed by atoms with Crippen molar-refractivity contribution in [1.29, 1.82) is 0 Å². The summed E-state index contributed by atoms with van der Waals surface area (Å²) in [5.41, 5.74) is -0.852. The van der Waals surface area contributed by atoms with Crippen molar-refractivity contribution in [1.82, 2.24) is 10.2 Å². The Morgan fingerprint density at radius 2 is 1.81 bits per heavy atom. The van der Waals surface area contributed by atoms with Crippen LogP contribution in [0.1, 0.15) is 13.8 Å². The van der Waals surface area contributed by atoms with Gasteiger partial charge in [0.05, 0.1) is 20.2 Å². The Hall–Kier alpha value is -2.24. The second-order valence-electron chi connectivity index (χ2n) is 5.42. The smallest absolute Gasteiger partial charge is 0.248 e. The lowest BCUT2D eigenvalue weighted by molar-refractivity contribution is -0.148. The lowest BCUT2D eigenvalue weighted by Crippen LogP contribution is -2.64. The third kappa shape index (κ3) is 3.65. The minimum atomic E-state index is -0.852. The maximum absolute atomic E-state index is 12.2. The molecule has 1 aliphatic heterocycles. The summed E-state index contributed by atoms with van der Waals surface area (Å²) in [5, 5.41) is 2.67. The first-order chi connectivity index (χ1) is 9.92. The summed E-state index contributed by atoms with van der Waals surface area (Å²) in [4.78, 5) is 25.3. The quantitative estimate of drug-likeness (QED) is 0.872. The van der Waals surface area contributed by atoms with Gasteiger partial charge >= 0.3 is 0 Å². The van der Waals surface area contributed by atoms with Crippen LogP contribution in [0.3, 0.4) is 0 Å².